The fourth-order valence-electron chi connectivity index (χ4n) is 2.18. The van der Waals surface area contributed by atoms with Crippen molar-refractivity contribution < 1.29 is 14.0 Å². The highest BCUT2D eigenvalue weighted by Crippen LogP contribution is 2.34. The van der Waals surface area contributed by atoms with E-state index in [4.69, 9.17) is 27.6 Å². The summed E-state index contributed by atoms with van der Waals surface area (Å²) in [6.07, 6.45) is 0. The van der Waals surface area contributed by atoms with Crippen molar-refractivity contribution in [3.8, 4) is 0 Å². The monoisotopic (exact) mass is 292 g/mol. The van der Waals surface area contributed by atoms with Gasteiger partial charge in [0.2, 0.25) is 0 Å². The number of furan rings is 1. The average molecular weight is 293 g/mol. The number of carbonyl (C=O) groups is 2. The zero-order chi connectivity index (χ0) is 13.6. The van der Waals surface area contributed by atoms with Crippen molar-refractivity contribution in [2.45, 2.75) is 0 Å². The molecule has 0 unspecified atom stereocenters. The summed E-state index contributed by atoms with van der Waals surface area (Å²) in [4.78, 5) is 23.0. The van der Waals surface area contributed by atoms with Crippen LogP contribution in [0.5, 0.6) is 0 Å². The van der Waals surface area contributed by atoms with Crippen LogP contribution in [-0.2, 0) is 0 Å². The summed E-state index contributed by atoms with van der Waals surface area (Å²) in [5, 5.41) is -0.222. The lowest BCUT2D eigenvalue weighted by Gasteiger charge is -2.02. The van der Waals surface area contributed by atoms with Crippen LogP contribution in [0, 0.1) is 0 Å². The van der Waals surface area contributed by atoms with E-state index in [0.717, 1.165) is 5.39 Å². The molecule has 94 valence electrons. The molecule has 3 nitrogen and oxygen atoms in total. The van der Waals surface area contributed by atoms with Crippen molar-refractivity contribution in [2.75, 3.05) is 0 Å². The van der Waals surface area contributed by atoms with E-state index in [2.05, 4.69) is 0 Å². The maximum Gasteiger partial charge on any atom is 0.253 e. The highest BCUT2D eigenvalue weighted by atomic mass is 35.5. The summed E-state index contributed by atoms with van der Waals surface area (Å²) < 4.78 is 5.61. The Hall–Kier alpha value is -1.84. The summed E-state index contributed by atoms with van der Waals surface area (Å²) >= 11 is 11.1. The zero-order valence-electron chi connectivity index (χ0n) is 9.44. The second kappa shape index (κ2) is 4.37. The predicted molar refractivity (Wildman–Crippen MR) is 74.1 cm³/mol. The van der Waals surface area contributed by atoms with Gasteiger partial charge in [0, 0.05) is 16.3 Å². The van der Waals surface area contributed by atoms with E-state index in [9.17, 15) is 9.59 Å². The molecule has 0 fully saturated rings. The number of hydrogen-bond donors (Lipinski definition) is 0. The maximum absolute atomic E-state index is 11.6. The van der Waals surface area contributed by atoms with Gasteiger partial charge in [0.05, 0.1) is 5.56 Å². The first-order valence-corrected chi connectivity index (χ1v) is 6.19. The van der Waals surface area contributed by atoms with Crippen molar-refractivity contribution >= 4 is 55.6 Å². The first-order valence-electron chi connectivity index (χ1n) is 5.43. The van der Waals surface area contributed by atoms with Crippen molar-refractivity contribution in [3.63, 3.8) is 0 Å². The van der Waals surface area contributed by atoms with E-state index < -0.39 is 10.5 Å². The van der Waals surface area contributed by atoms with E-state index >= 15 is 0 Å². The van der Waals surface area contributed by atoms with Gasteiger partial charge in [-0.25, -0.2) is 0 Å². The molecule has 0 spiro atoms. The van der Waals surface area contributed by atoms with Crippen LogP contribution in [0.25, 0.3) is 21.9 Å². The third kappa shape index (κ3) is 1.82. The van der Waals surface area contributed by atoms with Gasteiger partial charge in [0.25, 0.3) is 10.5 Å². The third-order valence-corrected chi connectivity index (χ3v) is 3.34. The van der Waals surface area contributed by atoms with Gasteiger partial charge in [0.1, 0.15) is 11.2 Å². The zero-order valence-corrected chi connectivity index (χ0v) is 11.0. The van der Waals surface area contributed by atoms with Gasteiger partial charge in [-0.1, -0.05) is 18.2 Å². The van der Waals surface area contributed by atoms with E-state index in [-0.39, 0.29) is 11.1 Å². The first kappa shape index (κ1) is 12.2. The Morgan fingerprint density at radius 3 is 2.32 bits per heavy atom. The van der Waals surface area contributed by atoms with Gasteiger partial charge >= 0.3 is 0 Å². The van der Waals surface area contributed by atoms with E-state index in [1.54, 1.807) is 18.2 Å². The lowest BCUT2D eigenvalue weighted by atomic mass is 10.0. The minimum Gasteiger partial charge on any atom is -0.456 e. The van der Waals surface area contributed by atoms with Crippen LogP contribution in [0.4, 0.5) is 0 Å². The molecule has 3 rings (SSSR count). The van der Waals surface area contributed by atoms with E-state index in [0.29, 0.717) is 16.6 Å². The molecule has 0 N–H and O–H groups in total. The number of rotatable bonds is 2. The molecule has 0 saturated carbocycles. The quantitative estimate of drug-likeness (QED) is 0.660. The SMILES string of the molecule is O=C(Cl)c1ccc2oc3ccccc3c2c1C(=O)Cl. The molecule has 3 aromatic rings. The lowest BCUT2D eigenvalue weighted by molar-refractivity contribution is 0.105. The Morgan fingerprint density at radius 1 is 0.895 bits per heavy atom. The molecule has 0 bridgehead atoms. The molecule has 0 aliphatic heterocycles. The first-order chi connectivity index (χ1) is 9.09. The van der Waals surface area contributed by atoms with Crippen LogP contribution in [0.15, 0.2) is 40.8 Å². The molecule has 0 amide bonds. The Kier molecular flexibility index (Phi) is 2.81. The van der Waals surface area contributed by atoms with Gasteiger partial charge in [-0.3, -0.25) is 9.59 Å². The minimum absolute atomic E-state index is 0.0840. The van der Waals surface area contributed by atoms with Crippen molar-refractivity contribution in [2.24, 2.45) is 0 Å². The summed E-state index contributed by atoms with van der Waals surface area (Å²) in [7, 11) is 0. The lowest BCUT2D eigenvalue weighted by Crippen LogP contribution is -2.01. The van der Waals surface area contributed by atoms with Gasteiger partial charge in [-0.2, -0.15) is 0 Å². The molecule has 0 aliphatic carbocycles. The average Bonchev–Trinajstić information content (AvgIpc) is 2.75. The standard InChI is InChI=1S/C14H6Cl2O3/c15-13(17)8-5-6-10-11(12(8)14(16)18)7-3-1-2-4-9(7)19-10/h1-6H. The topological polar surface area (TPSA) is 47.3 Å². The fraction of sp³-hybridized carbons (Fsp3) is 0. The number of fused-ring (bicyclic) bond motifs is 3. The number of para-hydroxylation sites is 1. The van der Waals surface area contributed by atoms with Gasteiger partial charge in [-0.15, -0.1) is 0 Å². The van der Waals surface area contributed by atoms with E-state index in [1.807, 2.05) is 12.1 Å². The van der Waals surface area contributed by atoms with Crippen molar-refractivity contribution in [1.29, 1.82) is 0 Å². The normalized spacial score (nSPS) is 11.1. The van der Waals surface area contributed by atoms with Gasteiger partial charge in [-0.05, 0) is 41.4 Å². The highest BCUT2D eigenvalue weighted by Gasteiger charge is 2.21. The molecule has 0 radical (unpaired) electrons. The number of hydrogen-bond acceptors (Lipinski definition) is 3. The van der Waals surface area contributed by atoms with Crippen molar-refractivity contribution in [3.05, 3.63) is 47.5 Å². The van der Waals surface area contributed by atoms with Crippen LogP contribution >= 0.6 is 23.2 Å². The Bertz CT molecular complexity index is 833. The summed E-state index contributed by atoms with van der Waals surface area (Å²) in [6, 6.07) is 10.3. The number of carbonyl (C=O) groups excluding carboxylic acids is 2. The molecule has 2 aromatic carbocycles. The van der Waals surface area contributed by atoms with Crippen LogP contribution in [0.3, 0.4) is 0 Å². The number of halogens is 2. The van der Waals surface area contributed by atoms with Crippen LogP contribution in [0.2, 0.25) is 0 Å². The fourth-order valence-corrected chi connectivity index (χ4v) is 2.54. The largest absolute Gasteiger partial charge is 0.456 e. The predicted octanol–water partition coefficient (Wildman–Crippen LogP) is 4.34. The molecule has 0 atom stereocenters. The van der Waals surface area contributed by atoms with Crippen molar-refractivity contribution in [1.82, 2.24) is 0 Å². The molecule has 1 aromatic heterocycles. The Morgan fingerprint density at radius 2 is 1.63 bits per heavy atom. The van der Waals surface area contributed by atoms with Crippen LogP contribution in [-0.4, -0.2) is 10.5 Å². The van der Waals surface area contributed by atoms with Gasteiger partial charge in [0.15, 0.2) is 0 Å². The molecular formula is C14H6Cl2O3. The molecule has 5 heteroatoms. The third-order valence-electron chi connectivity index (χ3n) is 2.95. The Labute approximate surface area is 117 Å². The van der Waals surface area contributed by atoms with Gasteiger partial charge < -0.3 is 4.42 Å². The number of benzene rings is 2. The second-order valence-corrected chi connectivity index (χ2v) is 4.69. The summed E-state index contributed by atoms with van der Waals surface area (Å²) in [5.41, 5.74) is 1.28. The summed E-state index contributed by atoms with van der Waals surface area (Å²) in [6.45, 7) is 0. The summed E-state index contributed by atoms with van der Waals surface area (Å²) in [5.74, 6) is 0. The van der Waals surface area contributed by atoms with Crippen LogP contribution < -0.4 is 0 Å². The smallest absolute Gasteiger partial charge is 0.253 e. The van der Waals surface area contributed by atoms with E-state index in [1.165, 1.54) is 6.07 Å². The Balaban J connectivity index is 2.57. The minimum atomic E-state index is -0.735. The molecular weight excluding hydrogens is 287 g/mol. The maximum atomic E-state index is 11.6. The second-order valence-electron chi connectivity index (χ2n) is 4.01. The van der Waals surface area contributed by atoms with Crippen LogP contribution in [0.1, 0.15) is 20.7 Å². The molecule has 0 saturated heterocycles. The molecule has 1 heterocycles. The molecule has 19 heavy (non-hydrogen) atoms. The molecule has 0 aliphatic rings. The highest BCUT2D eigenvalue weighted by molar-refractivity contribution is 6.72.